The molecule has 1 unspecified atom stereocenters. The molecule has 1 N–H and O–H groups in total. The number of benzene rings is 2. The normalized spacial score (nSPS) is 17.9. The number of carbonyl (C=O) groups is 2. The van der Waals surface area contributed by atoms with Gasteiger partial charge in [-0.2, -0.15) is 0 Å². The highest BCUT2D eigenvalue weighted by Crippen LogP contribution is 2.43. The summed E-state index contributed by atoms with van der Waals surface area (Å²) in [5.74, 6) is -2.03. The molecule has 2 aromatic carbocycles. The summed E-state index contributed by atoms with van der Waals surface area (Å²) < 4.78 is 24.8. The Morgan fingerprint density at radius 1 is 1.13 bits per heavy atom. The average Bonchev–Trinajstić information content (AvgIpc) is 3.29. The number of rotatable bonds is 4. The molecular formula is C23H17ClFNO5. The van der Waals surface area contributed by atoms with Gasteiger partial charge in [0.05, 0.1) is 18.2 Å². The fourth-order valence-electron chi connectivity index (χ4n) is 3.58. The SMILES string of the molecule is COc1ccc(F)cc1/C(O)=C1\C(=O)C(=O)N(c2ccc(Cl)cc2)C1c1ccc(C)o1. The molecule has 1 aromatic heterocycles. The number of Topliss-reactive ketones (excluding diaryl/α,β-unsaturated/α-hetero) is 1. The first-order valence-electron chi connectivity index (χ1n) is 9.28. The zero-order valence-electron chi connectivity index (χ0n) is 16.6. The maximum absolute atomic E-state index is 13.9. The summed E-state index contributed by atoms with van der Waals surface area (Å²) in [5, 5.41) is 11.5. The third kappa shape index (κ3) is 3.57. The van der Waals surface area contributed by atoms with Crippen molar-refractivity contribution in [3.63, 3.8) is 0 Å². The number of carbonyl (C=O) groups excluding carboxylic acids is 2. The van der Waals surface area contributed by atoms with Crippen LogP contribution in [0.25, 0.3) is 5.76 Å². The number of amides is 1. The zero-order valence-corrected chi connectivity index (χ0v) is 17.3. The average molecular weight is 442 g/mol. The van der Waals surface area contributed by atoms with Crippen LogP contribution in [0.2, 0.25) is 5.02 Å². The summed E-state index contributed by atoms with van der Waals surface area (Å²) in [6.07, 6.45) is 0. The predicted octanol–water partition coefficient (Wildman–Crippen LogP) is 5.02. The number of halogens is 2. The van der Waals surface area contributed by atoms with Gasteiger partial charge in [-0.1, -0.05) is 11.6 Å². The lowest BCUT2D eigenvalue weighted by atomic mass is 9.98. The zero-order chi connectivity index (χ0) is 22.3. The maximum Gasteiger partial charge on any atom is 0.300 e. The quantitative estimate of drug-likeness (QED) is 0.349. The summed E-state index contributed by atoms with van der Waals surface area (Å²) in [7, 11) is 1.35. The van der Waals surface area contributed by atoms with Gasteiger partial charge in [-0.05, 0) is 61.5 Å². The summed E-state index contributed by atoms with van der Waals surface area (Å²) in [5.41, 5.74) is 0.0962. The van der Waals surface area contributed by atoms with Gasteiger partial charge in [0.1, 0.15) is 34.9 Å². The van der Waals surface area contributed by atoms with Crippen molar-refractivity contribution in [1.82, 2.24) is 0 Å². The predicted molar refractivity (Wildman–Crippen MR) is 113 cm³/mol. The third-order valence-corrected chi connectivity index (χ3v) is 5.25. The van der Waals surface area contributed by atoms with Gasteiger partial charge in [-0.3, -0.25) is 14.5 Å². The molecule has 8 heteroatoms. The number of methoxy groups -OCH3 is 1. The fraction of sp³-hybridized carbons (Fsp3) is 0.130. The number of hydrogen-bond donors (Lipinski definition) is 1. The molecule has 158 valence electrons. The summed E-state index contributed by atoms with van der Waals surface area (Å²) >= 11 is 5.96. The van der Waals surface area contributed by atoms with E-state index in [0.29, 0.717) is 16.5 Å². The number of hydrogen-bond acceptors (Lipinski definition) is 5. The Kier molecular flexibility index (Phi) is 5.29. The number of aryl methyl sites for hydroxylation is 1. The topological polar surface area (TPSA) is 80.0 Å². The lowest BCUT2D eigenvalue weighted by molar-refractivity contribution is -0.132. The van der Waals surface area contributed by atoms with Crippen molar-refractivity contribution in [1.29, 1.82) is 0 Å². The van der Waals surface area contributed by atoms with Crippen LogP contribution < -0.4 is 9.64 Å². The van der Waals surface area contributed by atoms with Gasteiger partial charge in [-0.25, -0.2) is 4.39 Å². The Bertz CT molecular complexity index is 1210. The number of nitrogens with zero attached hydrogens (tertiary/aromatic N) is 1. The second kappa shape index (κ2) is 7.92. The molecule has 1 atom stereocenters. The standard InChI is InChI=1S/C23H17ClFNO5/c1-12-3-9-18(31-12)20-19(21(27)16-11-14(25)6-10-17(16)30-2)22(28)23(29)26(20)15-7-4-13(24)5-8-15/h3-11,20,27H,1-2H3/b21-19+. The number of ether oxygens (including phenoxy) is 1. The number of furan rings is 1. The Morgan fingerprint density at radius 3 is 2.45 bits per heavy atom. The van der Waals surface area contributed by atoms with E-state index >= 15 is 0 Å². The second-order valence-corrected chi connectivity index (χ2v) is 7.37. The van der Waals surface area contributed by atoms with Crippen LogP contribution in [-0.4, -0.2) is 23.9 Å². The van der Waals surface area contributed by atoms with E-state index in [4.69, 9.17) is 20.8 Å². The van der Waals surface area contributed by atoms with E-state index in [2.05, 4.69) is 0 Å². The Morgan fingerprint density at radius 2 is 1.84 bits per heavy atom. The van der Waals surface area contributed by atoms with Crippen LogP contribution in [0.5, 0.6) is 5.75 Å². The minimum absolute atomic E-state index is 0.0510. The van der Waals surface area contributed by atoms with Crippen molar-refractivity contribution in [2.75, 3.05) is 12.0 Å². The highest BCUT2D eigenvalue weighted by atomic mass is 35.5. The van der Waals surface area contributed by atoms with E-state index < -0.39 is 29.3 Å². The summed E-state index contributed by atoms with van der Waals surface area (Å²) in [6, 6.07) is 12.1. The van der Waals surface area contributed by atoms with Gasteiger partial charge in [0.2, 0.25) is 0 Å². The molecule has 0 aliphatic carbocycles. The second-order valence-electron chi connectivity index (χ2n) is 6.94. The van der Waals surface area contributed by atoms with Crippen molar-refractivity contribution in [2.45, 2.75) is 13.0 Å². The van der Waals surface area contributed by atoms with Gasteiger partial charge < -0.3 is 14.3 Å². The molecule has 31 heavy (non-hydrogen) atoms. The molecule has 0 radical (unpaired) electrons. The Balaban J connectivity index is 1.97. The van der Waals surface area contributed by atoms with Crippen LogP contribution in [0.3, 0.4) is 0 Å². The van der Waals surface area contributed by atoms with Crippen LogP contribution in [0.1, 0.15) is 23.1 Å². The van der Waals surface area contributed by atoms with Crippen molar-refractivity contribution < 1.29 is 28.2 Å². The number of aliphatic hydroxyl groups is 1. The Labute approximate surface area is 182 Å². The summed E-state index contributed by atoms with van der Waals surface area (Å²) in [4.78, 5) is 27.3. The molecule has 4 rings (SSSR count). The van der Waals surface area contributed by atoms with Crippen LogP contribution in [0.4, 0.5) is 10.1 Å². The summed E-state index contributed by atoms with van der Waals surface area (Å²) in [6.45, 7) is 1.72. The highest BCUT2D eigenvalue weighted by molar-refractivity contribution is 6.51. The monoisotopic (exact) mass is 441 g/mol. The van der Waals surface area contributed by atoms with Crippen LogP contribution >= 0.6 is 11.6 Å². The van der Waals surface area contributed by atoms with Gasteiger partial charge in [0, 0.05) is 10.7 Å². The lowest BCUT2D eigenvalue weighted by Gasteiger charge is -2.23. The van der Waals surface area contributed by atoms with Gasteiger partial charge >= 0.3 is 0 Å². The van der Waals surface area contributed by atoms with E-state index in [0.717, 1.165) is 12.1 Å². The molecule has 1 fully saturated rings. The van der Waals surface area contributed by atoms with Crippen LogP contribution in [-0.2, 0) is 9.59 Å². The van der Waals surface area contributed by atoms with Gasteiger partial charge in [0.25, 0.3) is 11.7 Å². The number of anilines is 1. The Hall–Kier alpha value is -3.58. The minimum atomic E-state index is -1.07. The van der Waals surface area contributed by atoms with Crippen molar-refractivity contribution in [2.24, 2.45) is 0 Å². The molecule has 3 aromatic rings. The van der Waals surface area contributed by atoms with Gasteiger partial charge in [-0.15, -0.1) is 0 Å². The van der Waals surface area contributed by atoms with E-state index in [1.807, 2.05) is 0 Å². The van der Waals surface area contributed by atoms with Crippen LogP contribution in [0, 0.1) is 12.7 Å². The number of ketones is 1. The van der Waals surface area contributed by atoms with E-state index in [1.54, 1.807) is 43.3 Å². The first-order chi connectivity index (χ1) is 14.8. The molecule has 1 amide bonds. The van der Waals surface area contributed by atoms with E-state index in [9.17, 15) is 19.1 Å². The smallest absolute Gasteiger partial charge is 0.300 e. The molecule has 1 aliphatic rings. The molecule has 2 heterocycles. The number of aliphatic hydroxyl groups excluding tert-OH is 1. The molecule has 1 aliphatic heterocycles. The van der Waals surface area contributed by atoms with Crippen molar-refractivity contribution >= 4 is 34.7 Å². The lowest BCUT2D eigenvalue weighted by Crippen LogP contribution is -2.29. The molecule has 0 spiro atoms. The van der Waals surface area contributed by atoms with E-state index in [1.165, 1.54) is 18.1 Å². The molecule has 6 nitrogen and oxygen atoms in total. The highest BCUT2D eigenvalue weighted by Gasteiger charge is 2.48. The minimum Gasteiger partial charge on any atom is -0.507 e. The molecular weight excluding hydrogens is 425 g/mol. The van der Waals surface area contributed by atoms with Crippen molar-refractivity contribution in [3.05, 3.63) is 88.1 Å². The van der Waals surface area contributed by atoms with E-state index in [-0.39, 0.29) is 22.6 Å². The van der Waals surface area contributed by atoms with Crippen LogP contribution in [0.15, 0.2) is 64.6 Å². The fourth-order valence-corrected chi connectivity index (χ4v) is 3.71. The van der Waals surface area contributed by atoms with Crippen molar-refractivity contribution in [3.8, 4) is 5.75 Å². The molecule has 1 saturated heterocycles. The largest absolute Gasteiger partial charge is 0.507 e. The first kappa shape index (κ1) is 20.7. The molecule has 0 bridgehead atoms. The van der Waals surface area contributed by atoms with Gasteiger partial charge in [0.15, 0.2) is 0 Å². The first-order valence-corrected chi connectivity index (χ1v) is 9.66. The third-order valence-electron chi connectivity index (χ3n) is 5.00. The maximum atomic E-state index is 13.9. The molecule has 0 saturated carbocycles.